The highest BCUT2D eigenvalue weighted by atomic mass is 16.4. The third-order valence-corrected chi connectivity index (χ3v) is 1.08. The van der Waals surface area contributed by atoms with E-state index in [9.17, 15) is 0 Å². The minimum atomic E-state index is -0.833. The first-order valence-electron chi connectivity index (χ1n) is 3.60. The first kappa shape index (κ1) is 10.7. The number of carbonyl (C=O) groups is 1. The average molecular weight is 167 g/mol. The summed E-state index contributed by atoms with van der Waals surface area (Å²) in [5.74, 6) is -0.833. The van der Waals surface area contributed by atoms with Crippen LogP contribution >= 0.6 is 0 Å². The molecule has 0 aliphatic carbocycles. The second-order valence-electron chi connectivity index (χ2n) is 2.21. The van der Waals surface area contributed by atoms with Gasteiger partial charge in [0.25, 0.3) is 5.97 Å². The van der Waals surface area contributed by atoms with Crippen molar-refractivity contribution in [3.8, 4) is 0 Å². The lowest BCUT2D eigenvalue weighted by molar-refractivity contribution is -0.134. The van der Waals surface area contributed by atoms with E-state index in [0.717, 1.165) is 6.92 Å². The van der Waals surface area contributed by atoms with Crippen molar-refractivity contribution in [2.45, 2.75) is 13.5 Å². The Morgan fingerprint density at radius 3 is 2.08 bits per heavy atom. The van der Waals surface area contributed by atoms with Gasteiger partial charge in [-0.15, -0.1) is 0 Å². The lowest BCUT2D eigenvalue weighted by Crippen LogP contribution is -1.94. The normalized spacial score (nSPS) is 8.17. The summed E-state index contributed by atoms with van der Waals surface area (Å²) in [6, 6.07) is 9.99. The van der Waals surface area contributed by atoms with Crippen LogP contribution in [0.25, 0.3) is 0 Å². The molecular weight excluding hydrogens is 154 g/mol. The van der Waals surface area contributed by atoms with Crippen LogP contribution in [0.1, 0.15) is 12.5 Å². The van der Waals surface area contributed by atoms with Crippen LogP contribution in [0.3, 0.4) is 0 Å². The highest BCUT2D eigenvalue weighted by molar-refractivity contribution is 5.62. The molecule has 0 aliphatic rings. The standard InChI is InChI=1S/C7H9N.C2H4O2/c8-6-7-4-2-1-3-5-7;1-2(3)4/h1-5H,6,8H2;1H3,(H,3,4). The monoisotopic (exact) mass is 167 g/mol. The molecule has 12 heavy (non-hydrogen) atoms. The maximum atomic E-state index is 9.00. The smallest absolute Gasteiger partial charge is 0.300 e. The molecule has 1 rings (SSSR count). The summed E-state index contributed by atoms with van der Waals surface area (Å²) in [7, 11) is 0. The average Bonchev–Trinajstić information content (AvgIpc) is 2.05. The number of carboxylic acid groups (broad SMARTS) is 1. The zero-order chi connectivity index (χ0) is 9.40. The van der Waals surface area contributed by atoms with E-state index >= 15 is 0 Å². The third kappa shape index (κ3) is 6.77. The third-order valence-electron chi connectivity index (χ3n) is 1.08. The first-order valence-corrected chi connectivity index (χ1v) is 3.60. The Hall–Kier alpha value is -1.35. The number of hydrogen-bond donors (Lipinski definition) is 2. The number of hydrogen-bond acceptors (Lipinski definition) is 2. The van der Waals surface area contributed by atoms with Gasteiger partial charge < -0.3 is 10.8 Å². The molecule has 1 aromatic carbocycles. The van der Waals surface area contributed by atoms with Gasteiger partial charge in [0.1, 0.15) is 0 Å². The molecule has 0 fully saturated rings. The molecule has 1 aromatic rings. The Balaban J connectivity index is 0.000000261. The second-order valence-corrected chi connectivity index (χ2v) is 2.21. The van der Waals surface area contributed by atoms with Gasteiger partial charge in [-0.05, 0) is 5.56 Å². The van der Waals surface area contributed by atoms with Crippen molar-refractivity contribution in [3.05, 3.63) is 35.9 Å². The van der Waals surface area contributed by atoms with E-state index in [1.807, 2.05) is 30.3 Å². The topological polar surface area (TPSA) is 63.3 Å². The van der Waals surface area contributed by atoms with Crippen LogP contribution in [0.15, 0.2) is 30.3 Å². The van der Waals surface area contributed by atoms with Gasteiger partial charge in [-0.2, -0.15) is 0 Å². The molecule has 3 heteroatoms. The summed E-state index contributed by atoms with van der Waals surface area (Å²) in [6.07, 6.45) is 0. The van der Waals surface area contributed by atoms with Crippen LogP contribution in [-0.4, -0.2) is 11.1 Å². The number of nitrogens with two attached hydrogens (primary N) is 1. The minimum Gasteiger partial charge on any atom is -0.481 e. The van der Waals surface area contributed by atoms with E-state index in [0.29, 0.717) is 6.54 Å². The highest BCUT2D eigenvalue weighted by Gasteiger charge is 1.80. The van der Waals surface area contributed by atoms with E-state index in [2.05, 4.69) is 0 Å². The second kappa shape index (κ2) is 6.37. The molecular formula is C9H13NO2. The molecule has 0 unspecified atom stereocenters. The number of rotatable bonds is 1. The van der Waals surface area contributed by atoms with E-state index in [1.165, 1.54) is 5.56 Å². The summed E-state index contributed by atoms with van der Waals surface area (Å²) in [6.45, 7) is 1.72. The van der Waals surface area contributed by atoms with Gasteiger partial charge in [-0.1, -0.05) is 30.3 Å². The van der Waals surface area contributed by atoms with Crippen LogP contribution in [0.2, 0.25) is 0 Å². The van der Waals surface area contributed by atoms with E-state index in [4.69, 9.17) is 15.6 Å². The van der Waals surface area contributed by atoms with Crippen LogP contribution < -0.4 is 5.73 Å². The molecule has 0 radical (unpaired) electrons. The fourth-order valence-corrected chi connectivity index (χ4v) is 0.614. The molecule has 0 saturated carbocycles. The zero-order valence-electron chi connectivity index (χ0n) is 7.03. The number of benzene rings is 1. The molecule has 3 nitrogen and oxygen atoms in total. The molecule has 0 bridgehead atoms. The maximum absolute atomic E-state index is 9.00. The summed E-state index contributed by atoms with van der Waals surface area (Å²) in [5, 5.41) is 7.42. The molecule has 0 atom stereocenters. The van der Waals surface area contributed by atoms with Crippen molar-refractivity contribution < 1.29 is 9.90 Å². The lowest BCUT2D eigenvalue weighted by atomic mass is 10.2. The lowest BCUT2D eigenvalue weighted by Gasteiger charge is -1.90. The summed E-state index contributed by atoms with van der Waals surface area (Å²) in [5.41, 5.74) is 6.54. The Morgan fingerprint density at radius 1 is 1.42 bits per heavy atom. The Labute approximate surface area is 71.8 Å². The Bertz CT molecular complexity index is 217. The summed E-state index contributed by atoms with van der Waals surface area (Å²) < 4.78 is 0. The Kier molecular flexibility index (Phi) is 5.65. The fraction of sp³-hybridized carbons (Fsp3) is 0.222. The Morgan fingerprint density at radius 2 is 1.83 bits per heavy atom. The fourth-order valence-electron chi connectivity index (χ4n) is 0.614. The molecule has 0 amide bonds. The maximum Gasteiger partial charge on any atom is 0.300 e. The van der Waals surface area contributed by atoms with Crippen molar-refractivity contribution >= 4 is 5.97 Å². The van der Waals surface area contributed by atoms with E-state index in [1.54, 1.807) is 0 Å². The van der Waals surface area contributed by atoms with Gasteiger partial charge in [0, 0.05) is 13.5 Å². The van der Waals surface area contributed by atoms with Gasteiger partial charge in [-0.3, -0.25) is 4.79 Å². The van der Waals surface area contributed by atoms with E-state index < -0.39 is 5.97 Å². The predicted molar refractivity (Wildman–Crippen MR) is 47.6 cm³/mol. The molecule has 0 heterocycles. The molecule has 0 spiro atoms. The summed E-state index contributed by atoms with van der Waals surface area (Å²) in [4.78, 5) is 9.00. The predicted octanol–water partition coefficient (Wildman–Crippen LogP) is 1.24. The van der Waals surface area contributed by atoms with Crippen molar-refractivity contribution in [2.75, 3.05) is 0 Å². The SMILES string of the molecule is CC(=O)O.NCc1ccccc1. The minimum absolute atomic E-state index is 0.640. The molecule has 0 aromatic heterocycles. The van der Waals surface area contributed by atoms with Gasteiger partial charge >= 0.3 is 0 Å². The molecule has 3 N–H and O–H groups in total. The zero-order valence-corrected chi connectivity index (χ0v) is 7.03. The van der Waals surface area contributed by atoms with Crippen LogP contribution in [0, 0.1) is 0 Å². The van der Waals surface area contributed by atoms with Gasteiger partial charge in [0.05, 0.1) is 0 Å². The van der Waals surface area contributed by atoms with Gasteiger partial charge in [0.2, 0.25) is 0 Å². The summed E-state index contributed by atoms with van der Waals surface area (Å²) >= 11 is 0. The van der Waals surface area contributed by atoms with Crippen LogP contribution in [-0.2, 0) is 11.3 Å². The highest BCUT2D eigenvalue weighted by Crippen LogP contribution is 1.94. The quantitative estimate of drug-likeness (QED) is 0.661. The molecule has 66 valence electrons. The van der Waals surface area contributed by atoms with Crippen molar-refractivity contribution in [1.82, 2.24) is 0 Å². The van der Waals surface area contributed by atoms with Crippen molar-refractivity contribution in [3.63, 3.8) is 0 Å². The largest absolute Gasteiger partial charge is 0.481 e. The van der Waals surface area contributed by atoms with Gasteiger partial charge in [0.15, 0.2) is 0 Å². The first-order chi connectivity index (χ1) is 5.66. The van der Waals surface area contributed by atoms with E-state index in [-0.39, 0.29) is 0 Å². The van der Waals surface area contributed by atoms with Gasteiger partial charge in [-0.25, -0.2) is 0 Å². The van der Waals surface area contributed by atoms with Crippen LogP contribution in [0.4, 0.5) is 0 Å². The van der Waals surface area contributed by atoms with Crippen molar-refractivity contribution in [1.29, 1.82) is 0 Å². The molecule has 0 saturated heterocycles. The van der Waals surface area contributed by atoms with Crippen LogP contribution in [0.5, 0.6) is 0 Å². The number of aliphatic carboxylic acids is 1. The number of carboxylic acids is 1. The molecule has 0 aliphatic heterocycles. The van der Waals surface area contributed by atoms with Crippen molar-refractivity contribution in [2.24, 2.45) is 5.73 Å².